The van der Waals surface area contributed by atoms with Crippen LogP contribution in [0.1, 0.15) is 58.4 Å². The van der Waals surface area contributed by atoms with E-state index in [1.807, 2.05) is 29.2 Å². The fraction of sp³-hybridized carbons (Fsp3) is 0.448. The largest absolute Gasteiger partial charge is 0.478 e. The average Bonchev–Trinajstić information content (AvgIpc) is 3.14. The number of nitrogens with one attached hydrogen (secondary N) is 1. The van der Waals surface area contributed by atoms with Crippen LogP contribution in [0.3, 0.4) is 0 Å². The number of rotatable bonds is 11. The van der Waals surface area contributed by atoms with Crippen LogP contribution in [0, 0.1) is 5.92 Å². The van der Waals surface area contributed by atoms with Crippen LogP contribution in [0.15, 0.2) is 66.5 Å². The average molecular weight is 492 g/mol. The van der Waals surface area contributed by atoms with Gasteiger partial charge in [0.25, 0.3) is 0 Å². The number of hydrogen-bond acceptors (Lipinski definition) is 4. The summed E-state index contributed by atoms with van der Waals surface area (Å²) >= 11 is 0. The number of carboxylic acids is 1. The highest BCUT2D eigenvalue weighted by Gasteiger charge is 2.36. The highest BCUT2D eigenvalue weighted by atomic mass is 16.5. The summed E-state index contributed by atoms with van der Waals surface area (Å²) in [5.74, 6) is 0.0136. The van der Waals surface area contributed by atoms with Crippen molar-refractivity contribution >= 4 is 22.8 Å². The molecule has 2 atom stereocenters. The number of aliphatic carboxylic acids is 1. The fourth-order valence-electron chi connectivity index (χ4n) is 4.79. The zero-order valence-corrected chi connectivity index (χ0v) is 21.4. The van der Waals surface area contributed by atoms with E-state index in [4.69, 9.17) is 4.74 Å². The van der Waals surface area contributed by atoms with Crippen molar-refractivity contribution in [1.29, 1.82) is 0 Å². The van der Waals surface area contributed by atoms with E-state index in [0.29, 0.717) is 18.2 Å². The lowest BCUT2D eigenvalue weighted by atomic mass is 9.94. The van der Waals surface area contributed by atoms with Crippen LogP contribution >= 0.6 is 0 Å². The highest BCUT2D eigenvalue weighted by molar-refractivity contribution is 5.83. The Kier molecular flexibility index (Phi) is 7.99. The van der Waals surface area contributed by atoms with Crippen molar-refractivity contribution in [3.63, 3.8) is 0 Å². The number of hydrogen-bond donors (Lipinski definition) is 2. The molecule has 1 heterocycles. The molecule has 2 aromatic rings. The van der Waals surface area contributed by atoms with Crippen LogP contribution in [0.2, 0.25) is 0 Å². The number of carbonyl (C=O) groups is 2. The van der Waals surface area contributed by atoms with Crippen molar-refractivity contribution in [3.05, 3.63) is 72.0 Å². The summed E-state index contributed by atoms with van der Waals surface area (Å²) in [4.78, 5) is 26.4. The summed E-state index contributed by atoms with van der Waals surface area (Å²) in [6, 6.07) is 14.7. The molecule has 0 bridgehead atoms. The molecule has 2 aliphatic rings. The molecule has 0 spiro atoms. The van der Waals surface area contributed by atoms with Gasteiger partial charge in [-0.3, -0.25) is 5.01 Å². The number of urea groups is 1. The smallest absolute Gasteiger partial charge is 0.347 e. The van der Waals surface area contributed by atoms with Gasteiger partial charge in [-0.15, -0.1) is 0 Å². The molecule has 36 heavy (non-hydrogen) atoms. The van der Waals surface area contributed by atoms with Crippen LogP contribution in [0.4, 0.5) is 4.79 Å². The van der Waals surface area contributed by atoms with Gasteiger partial charge < -0.3 is 14.7 Å². The Bertz CT molecular complexity index is 1160. The lowest BCUT2D eigenvalue weighted by Gasteiger charge is -2.25. The van der Waals surface area contributed by atoms with E-state index in [1.165, 1.54) is 10.8 Å². The van der Waals surface area contributed by atoms with Crippen LogP contribution in [-0.2, 0) is 16.1 Å². The number of allylic oxidation sites excluding steroid dienone is 3. The summed E-state index contributed by atoms with van der Waals surface area (Å²) in [6.07, 6.45) is 10.6. The third kappa shape index (κ3) is 6.08. The topological polar surface area (TPSA) is 82.1 Å². The molecule has 4 rings (SSSR count). The van der Waals surface area contributed by atoms with Crippen molar-refractivity contribution in [3.8, 4) is 0 Å². The molecule has 2 N–H and O–H groups in total. The van der Waals surface area contributed by atoms with Gasteiger partial charge in [0.1, 0.15) is 11.9 Å². The predicted molar refractivity (Wildman–Crippen MR) is 141 cm³/mol. The lowest BCUT2D eigenvalue weighted by Crippen LogP contribution is -2.38. The molecule has 1 aliphatic heterocycles. The third-order valence-electron chi connectivity index (χ3n) is 6.87. The lowest BCUT2D eigenvalue weighted by molar-refractivity contribution is -0.156. The van der Waals surface area contributed by atoms with Crippen molar-refractivity contribution in [2.24, 2.45) is 5.92 Å². The van der Waals surface area contributed by atoms with Gasteiger partial charge in [0.15, 0.2) is 5.60 Å². The molecule has 7 nitrogen and oxygen atoms in total. The SMILES string of the molecule is CCCN1C(=O)N(Cc2ccc3ccccc3c2)NC1CCCC1C=CC(OC(C)(C)C(=O)O)=CC1. The van der Waals surface area contributed by atoms with E-state index < -0.39 is 11.6 Å². The summed E-state index contributed by atoms with van der Waals surface area (Å²) < 4.78 is 5.63. The number of carbonyl (C=O) groups excluding carboxylic acids is 1. The van der Waals surface area contributed by atoms with E-state index in [9.17, 15) is 14.7 Å². The molecule has 2 amide bonds. The van der Waals surface area contributed by atoms with E-state index in [1.54, 1.807) is 18.9 Å². The quantitative estimate of drug-likeness (QED) is 0.413. The van der Waals surface area contributed by atoms with Gasteiger partial charge in [-0.25, -0.2) is 15.0 Å². The second-order valence-electron chi connectivity index (χ2n) is 10.2. The number of hydrazine groups is 1. The Morgan fingerprint density at radius 1 is 1.17 bits per heavy atom. The Balaban J connectivity index is 1.29. The minimum Gasteiger partial charge on any atom is -0.478 e. The first-order chi connectivity index (χ1) is 17.3. The third-order valence-corrected chi connectivity index (χ3v) is 6.87. The van der Waals surface area contributed by atoms with Gasteiger partial charge in [-0.1, -0.05) is 49.4 Å². The first-order valence-corrected chi connectivity index (χ1v) is 12.9. The molecule has 0 radical (unpaired) electrons. The fourth-order valence-corrected chi connectivity index (χ4v) is 4.79. The van der Waals surface area contributed by atoms with E-state index >= 15 is 0 Å². The van der Waals surface area contributed by atoms with Gasteiger partial charge in [0.2, 0.25) is 0 Å². The van der Waals surface area contributed by atoms with E-state index in [-0.39, 0.29) is 12.2 Å². The Morgan fingerprint density at radius 3 is 2.64 bits per heavy atom. The standard InChI is InChI=1S/C29H37N3O4/c1-4-18-31-26(11-7-8-21-13-16-25(17-14-21)36-29(2,3)27(33)34)30-32(28(31)35)20-22-12-15-23-9-5-6-10-24(23)19-22/h5-6,9-10,12-13,15-17,19,21,26,30H,4,7-8,11,14,18,20H2,1-3H3,(H,33,34). The van der Waals surface area contributed by atoms with Crippen LogP contribution < -0.4 is 5.43 Å². The van der Waals surface area contributed by atoms with E-state index in [2.05, 4.69) is 48.8 Å². The van der Waals surface area contributed by atoms with Crippen LogP contribution in [0.5, 0.6) is 0 Å². The maximum Gasteiger partial charge on any atom is 0.347 e. The molecule has 0 saturated carbocycles. The second kappa shape index (κ2) is 11.2. The zero-order valence-electron chi connectivity index (χ0n) is 21.4. The number of carboxylic acid groups (broad SMARTS) is 1. The zero-order chi connectivity index (χ0) is 25.7. The number of amides is 2. The molecule has 0 aromatic heterocycles. The monoisotopic (exact) mass is 491 g/mol. The summed E-state index contributed by atoms with van der Waals surface area (Å²) in [7, 11) is 0. The molecular weight excluding hydrogens is 454 g/mol. The maximum absolute atomic E-state index is 13.2. The number of benzene rings is 2. The van der Waals surface area contributed by atoms with Crippen molar-refractivity contribution in [1.82, 2.24) is 15.3 Å². The minimum atomic E-state index is -1.24. The number of nitrogens with zero attached hydrogens (tertiary/aromatic N) is 2. The van der Waals surface area contributed by atoms with E-state index in [0.717, 1.165) is 44.2 Å². The normalized spacial score (nSPS) is 20.2. The molecular formula is C29H37N3O4. The first-order valence-electron chi connectivity index (χ1n) is 12.9. The van der Waals surface area contributed by atoms with Crippen molar-refractivity contribution in [2.75, 3.05) is 6.54 Å². The molecule has 1 fully saturated rings. The molecule has 2 unspecified atom stereocenters. The summed E-state index contributed by atoms with van der Waals surface area (Å²) in [6.45, 7) is 6.47. The highest BCUT2D eigenvalue weighted by Crippen LogP contribution is 2.27. The Labute approximate surface area is 213 Å². The molecule has 7 heteroatoms. The predicted octanol–water partition coefficient (Wildman–Crippen LogP) is 5.83. The summed E-state index contributed by atoms with van der Waals surface area (Å²) in [5.41, 5.74) is 3.32. The first kappa shape index (κ1) is 25.8. The number of ether oxygens (including phenoxy) is 1. The van der Waals surface area contributed by atoms with Gasteiger partial charge in [0.05, 0.1) is 6.54 Å². The molecule has 2 aromatic carbocycles. The van der Waals surface area contributed by atoms with Gasteiger partial charge in [-0.05, 0) is 86.4 Å². The second-order valence-corrected chi connectivity index (χ2v) is 10.2. The summed E-state index contributed by atoms with van der Waals surface area (Å²) in [5, 5.41) is 13.4. The molecule has 192 valence electrons. The maximum atomic E-state index is 13.2. The van der Waals surface area contributed by atoms with Gasteiger partial charge in [0, 0.05) is 6.54 Å². The minimum absolute atomic E-state index is 0.00345. The Hall–Kier alpha value is -3.32. The Morgan fingerprint density at radius 2 is 1.94 bits per heavy atom. The molecule has 1 aliphatic carbocycles. The van der Waals surface area contributed by atoms with Crippen molar-refractivity contribution < 1.29 is 19.4 Å². The van der Waals surface area contributed by atoms with Gasteiger partial charge >= 0.3 is 12.0 Å². The number of fused-ring (bicyclic) bond motifs is 1. The van der Waals surface area contributed by atoms with Crippen LogP contribution in [0.25, 0.3) is 10.8 Å². The van der Waals surface area contributed by atoms with Gasteiger partial charge in [-0.2, -0.15) is 0 Å². The van der Waals surface area contributed by atoms with Crippen molar-refractivity contribution in [2.45, 2.75) is 71.2 Å². The molecule has 1 saturated heterocycles. The van der Waals surface area contributed by atoms with Crippen LogP contribution in [-0.4, -0.2) is 45.3 Å².